The van der Waals surface area contributed by atoms with Crippen LogP contribution in [0.1, 0.15) is 85.5 Å². The van der Waals surface area contributed by atoms with E-state index in [1.807, 2.05) is 0 Å². The second-order valence-corrected chi connectivity index (χ2v) is 18.7. The number of halogens is 8. The van der Waals surface area contributed by atoms with Gasteiger partial charge in [-0.15, -0.1) is 0 Å². The Labute approximate surface area is 402 Å². The van der Waals surface area contributed by atoms with E-state index >= 15 is 0 Å². The molecule has 0 saturated carbocycles. The van der Waals surface area contributed by atoms with E-state index in [-0.39, 0.29) is 46.8 Å². The number of esters is 2. The maximum absolute atomic E-state index is 14.8. The number of benzene rings is 4. The van der Waals surface area contributed by atoms with Gasteiger partial charge >= 0.3 is 24.3 Å². The van der Waals surface area contributed by atoms with Crippen molar-refractivity contribution in [1.29, 1.82) is 0 Å². The Hall–Kier alpha value is -5.58. The summed E-state index contributed by atoms with van der Waals surface area (Å²) in [6, 6.07) is 17.8. The van der Waals surface area contributed by atoms with E-state index in [2.05, 4.69) is 42.5 Å². The molecule has 22 heteroatoms. The van der Waals surface area contributed by atoms with E-state index in [4.69, 9.17) is 9.47 Å². The number of rotatable bonds is 12. The molecule has 2 saturated heterocycles. The van der Waals surface area contributed by atoms with Crippen molar-refractivity contribution in [2.45, 2.75) is 77.1 Å². The molecule has 2 heterocycles. The van der Waals surface area contributed by atoms with Gasteiger partial charge in [-0.05, 0) is 101 Å². The molecule has 2 fully saturated rings. The molecular formula is C46H44Br2F6N4O10. The number of nitro benzene ring substituents is 2. The zero-order valence-corrected chi connectivity index (χ0v) is 40.1. The minimum absolute atomic E-state index is 0.0970. The summed E-state index contributed by atoms with van der Waals surface area (Å²) in [5.41, 5.74) is -10.0. The standard InChI is InChI=1S/2C23H22BrF3N2O5/c2*1-4-34-20(31)22(3)18(17(30)13-7-11-16(12-8-13)29(32)33)21(2,23(25,26)27)19(28-22)14-5-9-15(24)10-6-14/h2*5-12,18-19,28H,4H2,1-3H3/t2*18-,19+,21-,22+/m11/s1. The van der Waals surface area contributed by atoms with E-state index in [0.717, 1.165) is 62.4 Å². The molecule has 68 heavy (non-hydrogen) atoms. The van der Waals surface area contributed by atoms with Gasteiger partial charge < -0.3 is 9.47 Å². The van der Waals surface area contributed by atoms with Crippen LogP contribution in [0.3, 0.4) is 0 Å². The first kappa shape index (κ1) is 53.4. The predicted molar refractivity (Wildman–Crippen MR) is 240 cm³/mol. The summed E-state index contributed by atoms with van der Waals surface area (Å²) in [5.74, 6) is -7.78. The van der Waals surface area contributed by atoms with E-state index in [9.17, 15) is 65.7 Å². The fourth-order valence-electron chi connectivity index (χ4n) is 9.24. The quantitative estimate of drug-likeness (QED) is 0.0448. The normalized spacial score (nSPS) is 26.8. The third-order valence-electron chi connectivity index (χ3n) is 12.7. The molecule has 0 unspecified atom stereocenters. The summed E-state index contributed by atoms with van der Waals surface area (Å²) in [5, 5.41) is 27.5. The fraction of sp³-hybridized carbons (Fsp3) is 0.391. The maximum atomic E-state index is 14.8. The molecule has 2 aliphatic heterocycles. The predicted octanol–water partition coefficient (Wildman–Crippen LogP) is 10.8. The van der Waals surface area contributed by atoms with Gasteiger partial charge in [-0.3, -0.25) is 50.0 Å². The highest BCUT2D eigenvalue weighted by molar-refractivity contribution is 9.10. The fourth-order valence-corrected chi connectivity index (χ4v) is 9.76. The largest absolute Gasteiger partial charge is 0.465 e. The van der Waals surface area contributed by atoms with Crippen LogP contribution < -0.4 is 10.6 Å². The highest BCUT2D eigenvalue weighted by Crippen LogP contribution is 2.62. The van der Waals surface area contributed by atoms with E-state index < -0.39 is 91.5 Å². The van der Waals surface area contributed by atoms with Crippen molar-refractivity contribution in [3.05, 3.63) is 148 Å². The highest BCUT2D eigenvalue weighted by atomic mass is 79.9. The molecule has 0 amide bonds. The van der Waals surface area contributed by atoms with E-state index in [0.29, 0.717) is 8.95 Å². The Morgan fingerprint density at radius 1 is 0.559 bits per heavy atom. The van der Waals surface area contributed by atoms with Crippen molar-refractivity contribution in [3.63, 3.8) is 0 Å². The van der Waals surface area contributed by atoms with Crippen LogP contribution in [-0.2, 0) is 19.1 Å². The van der Waals surface area contributed by atoms with Gasteiger partial charge in [-0.25, -0.2) is 0 Å². The minimum atomic E-state index is -4.91. The van der Waals surface area contributed by atoms with Crippen LogP contribution in [-0.4, -0.2) is 70.0 Å². The van der Waals surface area contributed by atoms with Crippen LogP contribution in [0.15, 0.2) is 106 Å². The number of non-ortho nitro benzene ring substituents is 2. The topological polar surface area (TPSA) is 197 Å². The number of alkyl halides is 6. The summed E-state index contributed by atoms with van der Waals surface area (Å²) in [7, 11) is 0. The molecule has 2 aliphatic rings. The van der Waals surface area contributed by atoms with Gasteiger partial charge in [-0.2, -0.15) is 26.3 Å². The van der Waals surface area contributed by atoms with Gasteiger partial charge in [-0.1, -0.05) is 56.1 Å². The number of nitrogens with zero attached hydrogens (tertiary/aromatic N) is 2. The lowest BCUT2D eigenvalue weighted by Gasteiger charge is -2.39. The smallest absolute Gasteiger partial charge is 0.396 e. The zero-order valence-electron chi connectivity index (χ0n) is 37.0. The Bertz CT molecular complexity index is 2390. The summed E-state index contributed by atoms with van der Waals surface area (Å²) in [4.78, 5) is 73.8. The Morgan fingerprint density at radius 3 is 1.07 bits per heavy atom. The average Bonchev–Trinajstić information content (AvgIpc) is 3.69. The lowest BCUT2D eigenvalue weighted by atomic mass is 9.64. The molecule has 2 N–H and O–H groups in total. The van der Waals surface area contributed by atoms with Crippen molar-refractivity contribution in [1.82, 2.24) is 10.6 Å². The number of hydrogen-bond donors (Lipinski definition) is 2. The van der Waals surface area contributed by atoms with Crippen molar-refractivity contribution in [2.24, 2.45) is 22.7 Å². The second-order valence-electron chi connectivity index (χ2n) is 16.9. The van der Waals surface area contributed by atoms with Crippen molar-refractivity contribution in [2.75, 3.05) is 13.2 Å². The number of hydrogen-bond acceptors (Lipinski definition) is 12. The van der Waals surface area contributed by atoms with Gasteiger partial charge in [0.1, 0.15) is 11.1 Å². The Balaban J connectivity index is 0.000000254. The molecule has 14 nitrogen and oxygen atoms in total. The molecular weight excluding hydrogens is 1040 g/mol. The molecule has 0 aromatic heterocycles. The lowest BCUT2D eigenvalue weighted by molar-refractivity contribution is -0.385. The summed E-state index contributed by atoms with van der Waals surface area (Å²) >= 11 is 6.50. The van der Waals surface area contributed by atoms with E-state index in [1.165, 1.54) is 52.0 Å². The number of nitro groups is 2. The molecule has 0 aliphatic carbocycles. The molecule has 0 spiro atoms. The summed E-state index contributed by atoms with van der Waals surface area (Å²) < 4.78 is 100. The number of ether oxygens (including phenoxy) is 2. The first-order chi connectivity index (χ1) is 31.5. The molecule has 8 atom stereocenters. The molecule has 4 aromatic carbocycles. The molecule has 6 rings (SSSR count). The van der Waals surface area contributed by atoms with Crippen molar-refractivity contribution < 1.29 is 64.8 Å². The summed E-state index contributed by atoms with van der Waals surface area (Å²) in [6.07, 6.45) is -9.83. The SMILES string of the molecule is CCOC(=O)[C@@]1(C)N[C@@H](c2ccc(Br)cc2)[C@](C)(C(F)(F)F)[C@H]1C(=O)c1ccc([N+](=O)[O-])cc1.CCOC(=O)[C@@]1(C)N[C@@H](c2ccc(Br)cc2)[C@](C)(C(F)(F)F)[C@H]1C(=O)c1ccc([N+](=O)[O-])cc1. The minimum Gasteiger partial charge on any atom is -0.465 e. The molecule has 4 aromatic rings. The molecule has 364 valence electrons. The first-order valence-corrected chi connectivity index (χ1v) is 22.2. The van der Waals surface area contributed by atoms with Crippen molar-refractivity contribution >= 4 is 66.7 Å². The number of nitrogens with one attached hydrogen (secondary N) is 2. The van der Waals surface area contributed by atoms with Gasteiger partial charge in [0.2, 0.25) is 0 Å². The summed E-state index contributed by atoms with van der Waals surface area (Å²) in [6.45, 7) is 7.09. The van der Waals surface area contributed by atoms with Crippen molar-refractivity contribution in [3.8, 4) is 0 Å². The Morgan fingerprint density at radius 2 is 0.838 bits per heavy atom. The molecule has 0 bridgehead atoms. The number of carbonyl (C=O) groups is 4. The van der Waals surface area contributed by atoms with Gasteiger partial charge in [0.25, 0.3) is 11.4 Å². The zero-order chi connectivity index (χ0) is 50.9. The van der Waals surface area contributed by atoms with Crippen LogP contribution in [0.5, 0.6) is 0 Å². The lowest BCUT2D eigenvalue weighted by Crippen LogP contribution is -2.56. The van der Waals surface area contributed by atoms with Gasteiger partial charge in [0.15, 0.2) is 11.6 Å². The van der Waals surface area contributed by atoms with Gasteiger partial charge in [0.05, 0.1) is 45.7 Å². The number of carbonyl (C=O) groups excluding carboxylic acids is 4. The third-order valence-corrected chi connectivity index (χ3v) is 13.8. The first-order valence-electron chi connectivity index (χ1n) is 20.7. The highest BCUT2D eigenvalue weighted by Gasteiger charge is 2.75. The van der Waals surface area contributed by atoms with Crippen LogP contribution in [0, 0.1) is 42.9 Å². The van der Waals surface area contributed by atoms with Gasteiger partial charge in [0, 0.05) is 56.4 Å². The van der Waals surface area contributed by atoms with Crippen LogP contribution >= 0.6 is 31.9 Å². The Kier molecular flexibility index (Phi) is 15.5. The third kappa shape index (κ3) is 9.68. The average molecular weight is 1090 g/mol. The maximum Gasteiger partial charge on any atom is 0.396 e. The number of ketones is 2. The monoisotopic (exact) mass is 1080 g/mol. The van der Waals surface area contributed by atoms with Crippen LogP contribution in [0.25, 0.3) is 0 Å². The van der Waals surface area contributed by atoms with E-state index in [1.54, 1.807) is 24.3 Å². The number of Topliss-reactive ketones (excluding diaryl/α,β-unsaturated/α-hetero) is 2. The van der Waals surface area contributed by atoms with Crippen LogP contribution in [0.2, 0.25) is 0 Å². The van der Waals surface area contributed by atoms with Crippen LogP contribution in [0.4, 0.5) is 37.7 Å². The molecule has 0 radical (unpaired) electrons. The second kappa shape index (κ2) is 19.8.